The molecule has 4 rings (SSSR count). The van der Waals surface area contributed by atoms with E-state index in [1.807, 2.05) is 0 Å². The van der Waals surface area contributed by atoms with Crippen molar-refractivity contribution in [3.63, 3.8) is 0 Å². The molecule has 3 atom stereocenters. The maximum Gasteiger partial charge on any atom is 0.415 e. The van der Waals surface area contributed by atoms with Gasteiger partial charge in [-0.2, -0.15) is 13.2 Å². The first-order valence-corrected chi connectivity index (χ1v) is 12.2. The Morgan fingerprint density at radius 1 is 1.14 bits per heavy atom. The maximum atomic E-state index is 15.4. The number of hydrogen-bond donors (Lipinski definition) is 2. The van der Waals surface area contributed by atoms with Crippen LogP contribution in [-0.4, -0.2) is 70.3 Å². The largest absolute Gasteiger partial charge is 0.444 e. The molecule has 0 aliphatic carbocycles. The molecule has 2 aliphatic heterocycles. The van der Waals surface area contributed by atoms with Gasteiger partial charge in [0.1, 0.15) is 34.3 Å². The van der Waals surface area contributed by atoms with Crippen LogP contribution >= 0.6 is 0 Å². The number of guanidine groups is 1. The van der Waals surface area contributed by atoms with Crippen LogP contribution in [0.2, 0.25) is 0 Å². The second kappa shape index (κ2) is 10.8. The second-order valence-corrected chi connectivity index (χ2v) is 10.4. The maximum absolute atomic E-state index is 15.4. The van der Waals surface area contributed by atoms with Gasteiger partial charge in [0.25, 0.3) is 12.3 Å². The fraction of sp³-hybridized carbons (Fsp3) is 0.440. The first-order chi connectivity index (χ1) is 19.4. The number of amides is 3. The number of aromatic nitrogens is 2. The van der Waals surface area contributed by atoms with E-state index < -0.39 is 83.3 Å². The lowest BCUT2D eigenvalue weighted by Crippen LogP contribution is -2.59. The number of carbonyl (C=O) groups excluding carboxylic acids is 3. The number of nitrogens with zero attached hydrogens (tertiary/aromatic N) is 4. The summed E-state index contributed by atoms with van der Waals surface area (Å²) < 4.78 is 93.0. The van der Waals surface area contributed by atoms with Crippen LogP contribution in [0.15, 0.2) is 35.6 Å². The summed E-state index contributed by atoms with van der Waals surface area (Å²) in [4.78, 5) is 50.4. The molecular formula is C25H24F6N6O5. The highest BCUT2D eigenvalue weighted by Gasteiger charge is 2.66. The molecule has 11 nitrogen and oxygen atoms in total. The molecule has 42 heavy (non-hydrogen) atoms. The topological polar surface area (TPSA) is 135 Å². The van der Waals surface area contributed by atoms with Crippen LogP contribution in [0.25, 0.3) is 0 Å². The van der Waals surface area contributed by atoms with E-state index in [-0.39, 0.29) is 11.4 Å². The van der Waals surface area contributed by atoms with Crippen molar-refractivity contribution in [3.05, 3.63) is 53.4 Å². The highest BCUT2D eigenvalue weighted by atomic mass is 19.4. The van der Waals surface area contributed by atoms with Crippen LogP contribution in [0, 0.1) is 11.7 Å². The third-order valence-corrected chi connectivity index (χ3v) is 6.27. The van der Waals surface area contributed by atoms with E-state index in [9.17, 15) is 36.3 Å². The van der Waals surface area contributed by atoms with Crippen LogP contribution in [0.4, 0.5) is 36.8 Å². The monoisotopic (exact) mass is 602 g/mol. The van der Waals surface area contributed by atoms with Crippen LogP contribution in [-0.2, 0) is 19.8 Å². The summed E-state index contributed by atoms with van der Waals surface area (Å²) in [5.41, 5.74) is -5.11. The zero-order valence-corrected chi connectivity index (χ0v) is 22.4. The van der Waals surface area contributed by atoms with Gasteiger partial charge < -0.3 is 14.8 Å². The molecule has 2 aromatic rings. The van der Waals surface area contributed by atoms with E-state index in [0.29, 0.717) is 11.1 Å². The van der Waals surface area contributed by atoms with Crippen molar-refractivity contribution < 1.29 is 50.2 Å². The minimum atomic E-state index is -5.06. The number of hydrogen-bond acceptors (Lipinski definition) is 8. The number of alkyl halides is 5. The van der Waals surface area contributed by atoms with E-state index >= 15 is 4.39 Å². The summed E-state index contributed by atoms with van der Waals surface area (Å²) in [6.45, 7) is 3.73. The number of carbonyl (C=O) groups is 3. The number of fused-ring (bicyclic) bond motifs is 1. The molecule has 1 aromatic heterocycles. The number of rotatable bonds is 4. The minimum absolute atomic E-state index is 0.164. The van der Waals surface area contributed by atoms with Crippen molar-refractivity contribution in [2.75, 3.05) is 19.0 Å². The molecule has 3 amide bonds. The first kappa shape index (κ1) is 30.7. The van der Waals surface area contributed by atoms with Gasteiger partial charge in [0.15, 0.2) is 6.10 Å². The Morgan fingerprint density at radius 2 is 1.83 bits per heavy atom. The zero-order valence-electron chi connectivity index (χ0n) is 22.4. The standard InChI is InChI=1S/C25H24F6N6O5/c1-23(2,3)42-22(40)35-21-36-24(10-41-17(25(29,30)31)16(24)20(39)37(21)4)12-7-11(5-6-13(12)26)34-19(38)15-9-32-14(8-33-15)18(27)28/h5-9,16-18H,10H2,1-4H3,(H,34,38)(H,35,36,40)/t16-,17-,24+/m0/s1. The molecule has 0 bridgehead atoms. The van der Waals surface area contributed by atoms with Crippen LogP contribution in [0.5, 0.6) is 0 Å². The predicted molar refractivity (Wildman–Crippen MR) is 132 cm³/mol. The van der Waals surface area contributed by atoms with Gasteiger partial charge in [0.2, 0.25) is 11.9 Å². The summed E-state index contributed by atoms with van der Waals surface area (Å²) in [5, 5.41) is 4.54. The van der Waals surface area contributed by atoms with E-state index in [1.54, 1.807) is 20.8 Å². The van der Waals surface area contributed by atoms with E-state index in [2.05, 4.69) is 25.6 Å². The highest BCUT2D eigenvalue weighted by Crippen LogP contribution is 2.51. The quantitative estimate of drug-likeness (QED) is 0.507. The predicted octanol–water partition coefficient (Wildman–Crippen LogP) is 3.93. The lowest BCUT2D eigenvalue weighted by molar-refractivity contribution is -0.218. The Kier molecular flexibility index (Phi) is 7.92. The fourth-order valence-corrected chi connectivity index (χ4v) is 4.46. The molecule has 226 valence electrons. The van der Waals surface area contributed by atoms with E-state index in [0.717, 1.165) is 31.4 Å². The summed E-state index contributed by atoms with van der Waals surface area (Å²) in [7, 11) is 1.07. The normalized spacial score (nSPS) is 22.5. The Bertz CT molecular complexity index is 1430. The summed E-state index contributed by atoms with van der Waals surface area (Å²) in [6, 6.07) is 2.85. The van der Waals surface area contributed by atoms with E-state index in [1.165, 1.54) is 0 Å². The fourth-order valence-electron chi connectivity index (χ4n) is 4.46. The van der Waals surface area contributed by atoms with Crippen molar-refractivity contribution in [3.8, 4) is 0 Å². The Hall–Kier alpha value is -4.28. The van der Waals surface area contributed by atoms with Gasteiger partial charge in [-0.1, -0.05) is 0 Å². The number of anilines is 1. The van der Waals surface area contributed by atoms with Crippen molar-refractivity contribution in [1.29, 1.82) is 0 Å². The van der Waals surface area contributed by atoms with Gasteiger partial charge in [-0.05, 0) is 39.0 Å². The highest BCUT2D eigenvalue weighted by molar-refractivity contribution is 6.06. The first-order valence-electron chi connectivity index (χ1n) is 12.2. The average molecular weight is 602 g/mol. The number of ether oxygens (including phenoxy) is 2. The van der Waals surface area contributed by atoms with Crippen molar-refractivity contribution in [2.24, 2.45) is 10.9 Å². The number of halogens is 6. The van der Waals surface area contributed by atoms with Gasteiger partial charge in [-0.25, -0.2) is 27.9 Å². The molecule has 0 unspecified atom stereocenters. The number of nitrogens with one attached hydrogen (secondary N) is 2. The molecule has 0 spiro atoms. The molecule has 2 N–H and O–H groups in total. The molecule has 1 aromatic carbocycles. The molecular weight excluding hydrogens is 578 g/mol. The van der Waals surface area contributed by atoms with Gasteiger partial charge >= 0.3 is 12.3 Å². The Balaban J connectivity index is 1.77. The molecule has 1 saturated heterocycles. The Morgan fingerprint density at radius 3 is 2.40 bits per heavy atom. The summed E-state index contributed by atoms with van der Waals surface area (Å²) in [6.07, 6.45) is -10.3. The molecule has 1 fully saturated rings. The molecule has 17 heteroatoms. The van der Waals surface area contributed by atoms with Crippen LogP contribution in [0.3, 0.4) is 0 Å². The lowest BCUT2D eigenvalue weighted by atomic mass is 9.75. The number of aliphatic imine (C=N–C) groups is 1. The minimum Gasteiger partial charge on any atom is -0.444 e. The van der Waals surface area contributed by atoms with Crippen LogP contribution < -0.4 is 10.6 Å². The summed E-state index contributed by atoms with van der Waals surface area (Å²) in [5.74, 6) is -5.87. The van der Waals surface area contributed by atoms with Crippen LogP contribution in [0.1, 0.15) is 48.9 Å². The van der Waals surface area contributed by atoms with E-state index in [4.69, 9.17) is 9.47 Å². The third kappa shape index (κ3) is 6.00. The molecule has 3 heterocycles. The van der Waals surface area contributed by atoms with Gasteiger partial charge in [-0.15, -0.1) is 0 Å². The molecule has 0 radical (unpaired) electrons. The van der Waals surface area contributed by atoms with Crippen molar-refractivity contribution in [1.82, 2.24) is 20.2 Å². The zero-order chi connectivity index (χ0) is 31.2. The number of alkyl carbamates (subject to hydrolysis) is 1. The smallest absolute Gasteiger partial charge is 0.415 e. The molecule has 0 saturated carbocycles. The second-order valence-electron chi connectivity index (χ2n) is 10.4. The van der Waals surface area contributed by atoms with Crippen molar-refractivity contribution in [2.45, 2.75) is 50.6 Å². The van der Waals surface area contributed by atoms with Crippen molar-refractivity contribution >= 4 is 29.6 Å². The summed E-state index contributed by atoms with van der Waals surface area (Å²) >= 11 is 0. The molecule has 2 aliphatic rings. The Labute approximate surface area is 234 Å². The SMILES string of the molecule is CN1C(=O)[C@@H]2[C@@H](C(F)(F)F)OC[C@]2(c2cc(NC(=O)c3cnc(C(F)F)cn3)ccc2F)N=C1NC(=O)OC(C)(C)C. The lowest BCUT2D eigenvalue weighted by Gasteiger charge is -2.40. The van der Waals surface area contributed by atoms with Gasteiger partial charge in [-0.3, -0.25) is 24.8 Å². The van der Waals surface area contributed by atoms with Gasteiger partial charge in [0.05, 0.1) is 19.0 Å². The third-order valence-electron chi connectivity index (χ3n) is 6.27. The van der Waals surface area contributed by atoms with Gasteiger partial charge in [0, 0.05) is 18.3 Å². The average Bonchev–Trinajstić information content (AvgIpc) is 3.28. The number of benzene rings is 1.